The number of aliphatic hydroxyl groups excluding tert-OH is 1. The summed E-state index contributed by atoms with van der Waals surface area (Å²) in [5, 5.41) is 10.6. The molecule has 0 aliphatic heterocycles. The molecule has 3 N–H and O–H groups in total. The van der Waals surface area contributed by atoms with Crippen molar-refractivity contribution in [3.05, 3.63) is 0 Å². The fraction of sp³-hybridized carbons (Fsp3) is 0.940. The summed E-state index contributed by atoms with van der Waals surface area (Å²) in [4.78, 5) is 72.4. The van der Waals surface area contributed by atoms with E-state index in [1.54, 1.807) is 0 Å². The van der Waals surface area contributed by atoms with E-state index < -0.39 is 97.5 Å². The average molecular weight is 1270 g/mol. The van der Waals surface area contributed by atoms with Crippen molar-refractivity contribution >= 4 is 39.5 Å². The van der Waals surface area contributed by atoms with Crippen molar-refractivity contribution in [2.24, 2.45) is 23.7 Å². The lowest BCUT2D eigenvalue weighted by Crippen LogP contribution is -2.30. The fourth-order valence-corrected chi connectivity index (χ4v) is 11.5. The molecule has 0 bridgehead atoms. The van der Waals surface area contributed by atoms with E-state index in [2.05, 4.69) is 55.4 Å². The normalized spacial score (nSPS) is 14.4. The van der Waals surface area contributed by atoms with Crippen molar-refractivity contribution < 1.29 is 80.2 Å². The number of hydrogen-bond donors (Lipinski definition) is 3. The van der Waals surface area contributed by atoms with Gasteiger partial charge >= 0.3 is 39.5 Å². The molecular weight excluding hydrogens is 1140 g/mol. The smallest absolute Gasteiger partial charge is 0.462 e. The van der Waals surface area contributed by atoms with E-state index in [9.17, 15) is 43.2 Å². The zero-order valence-electron chi connectivity index (χ0n) is 55.9. The Balaban J connectivity index is 5.26. The van der Waals surface area contributed by atoms with Crippen LogP contribution in [-0.2, 0) is 65.4 Å². The molecule has 0 saturated carbocycles. The van der Waals surface area contributed by atoms with Gasteiger partial charge in [-0.3, -0.25) is 37.3 Å². The third kappa shape index (κ3) is 60.9. The minimum Gasteiger partial charge on any atom is -0.462 e. The van der Waals surface area contributed by atoms with E-state index >= 15 is 0 Å². The third-order valence-electron chi connectivity index (χ3n) is 15.3. The highest BCUT2D eigenvalue weighted by atomic mass is 31.2. The van der Waals surface area contributed by atoms with E-state index in [1.807, 2.05) is 0 Å². The Bertz CT molecular complexity index is 1710. The van der Waals surface area contributed by atoms with Crippen LogP contribution in [-0.4, -0.2) is 96.7 Å². The molecule has 0 heterocycles. The van der Waals surface area contributed by atoms with Crippen molar-refractivity contribution in [3.63, 3.8) is 0 Å². The predicted octanol–water partition coefficient (Wildman–Crippen LogP) is 18.5. The second kappa shape index (κ2) is 57.0. The molecule has 0 aromatic heterocycles. The molecular formula is C67H130O17P2. The third-order valence-corrected chi connectivity index (χ3v) is 17.2. The molecule has 0 aromatic carbocycles. The van der Waals surface area contributed by atoms with Crippen LogP contribution in [0.4, 0.5) is 0 Å². The molecule has 0 aliphatic rings. The number of aliphatic hydroxyl groups is 1. The van der Waals surface area contributed by atoms with Gasteiger partial charge in [0.2, 0.25) is 0 Å². The zero-order chi connectivity index (χ0) is 63.9. The fourth-order valence-electron chi connectivity index (χ4n) is 9.96. The standard InChI is InChI=1S/C67H130O17P2/c1-57(2)43-35-27-19-12-9-10-14-23-31-39-47-64(69)77-53-62(83-66(71)49-41-33-24-15-11-13-20-28-36-44-58(3)4)55-81-85(73,74)79-51-61(68)52-80-86(75,76)82-56-63(54-78-65(70)48-40-32-26-18-22-30-38-46-60(7)8)84-67(72)50-42-34-25-17-16-21-29-37-45-59(5)6/h57-63,68H,9-56H2,1-8H3,(H,73,74)(H,75,76)/t61?,62-,63-/m1/s1. The largest absolute Gasteiger partial charge is 0.472 e. The monoisotopic (exact) mass is 1270 g/mol. The van der Waals surface area contributed by atoms with Crippen LogP contribution in [0.15, 0.2) is 0 Å². The molecule has 510 valence electrons. The number of esters is 4. The summed E-state index contributed by atoms with van der Waals surface area (Å²) in [5.41, 5.74) is 0. The second-order valence-corrected chi connectivity index (χ2v) is 29.0. The summed E-state index contributed by atoms with van der Waals surface area (Å²) >= 11 is 0. The quantitative estimate of drug-likeness (QED) is 0.0222. The number of phosphoric acid groups is 2. The molecule has 0 radical (unpaired) electrons. The van der Waals surface area contributed by atoms with Gasteiger partial charge in [-0.2, -0.15) is 0 Å². The summed E-state index contributed by atoms with van der Waals surface area (Å²) in [6.45, 7) is 14.0. The number of unbranched alkanes of at least 4 members (excludes halogenated alkanes) is 30. The molecule has 0 saturated heterocycles. The number of carbonyl (C=O) groups is 4. The van der Waals surface area contributed by atoms with Crippen molar-refractivity contribution in [3.8, 4) is 0 Å². The van der Waals surface area contributed by atoms with Crippen LogP contribution in [0.2, 0.25) is 0 Å². The predicted molar refractivity (Wildman–Crippen MR) is 344 cm³/mol. The maximum absolute atomic E-state index is 13.0. The molecule has 0 amide bonds. The summed E-state index contributed by atoms with van der Waals surface area (Å²) in [6, 6.07) is 0. The number of phosphoric ester groups is 2. The Morgan fingerprint density at radius 1 is 0.291 bits per heavy atom. The van der Waals surface area contributed by atoms with Crippen LogP contribution in [0.1, 0.15) is 325 Å². The van der Waals surface area contributed by atoms with Gasteiger partial charge in [0.05, 0.1) is 26.4 Å². The molecule has 0 aliphatic carbocycles. The number of ether oxygens (including phenoxy) is 4. The summed E-state index contributed by atoms with van der Waals surface area (Å²) in [5.74, 6) is 0.782. The van der Waals surface area contributed by atoms with Crippen LogP contribution < -0.4 is 0 Å². The maximum atomic E-state index is 13.0. The first-order valence-corrected chi connectivity index (χ1v) is 37.7. The molecule has 17 nitrogen and oxygen atoms in total. The average Bonchev–Trinajstić information content (AvgIpc) is 3.56. The van der Waals surface area contributed by atoms with Gasteiger partial charge in [-0.05, 0) is 49.4 Å². The van der Waals surface area contributed by atoms with Crippen LogP contribution in [0.3, 0.4) is 0 Å². The first-order chi connectivity index (χ1) is 41.1. The van der Waals surface area contributed by atoms with Gasteiger partial charge in [0.15, 0.2) is 12.2 Å². The summed E-state index contributed by atoms with van der Waals surface area (Å²) < 4.78 is 68.1. The lowest BCUT2D eigenvalue weighted by atomic mass is 10.0. The van der Waals surface area contributed by atoms with E-state index in [4.69, 9.17) is 37.0 Å². The van der Waals surface area contributed by atoms with Crippen molar-refractivity contribution in [1.29, 1.82) is 0 Å². The molecule has 0 rings (SSSR count). The van der Waals surface area contributed by atoms with E-state index in [0.717, 1.165) is 114 Å². The maximum Gasteiger partial charge on any atom is 0.472 e. The Hall–Kier alpha value is -1.94. The van der Waals surface area contributed by atoms with Gasteiger partial charge in [-0.1, -0.05) is 274 Å². The SMILES string of the molecule is CC(C)CCCCCCCCCCCCC(=O)OC[C@H](COP(=O)(O)OCC(O)COP(=O)(O)OC[C@@H](COC(=O)CCCCCCCCCC(C)C)OC(=O)CCCCCCCCCCC(C)C)OC(=O)CCCCCCCCCCCC(C)C. The van der Waals surface area contributed by atoms with Gasteiger partial charge < -0.3 is 33.8 Å². The van der Waals surface area contributed by atoms with Gasteiger partial charge in [-0.15, -0.1) is 0 Å². The van der Waals surface area contributed by atoms with Crippen molar-refractivity contribution in [2.45, 2.75) is 343 Å². The second-order valence-electron chi connectivity index (χ2n) is 26.1. The van der Waals surface area contributed by atoms with Crippen LogP contribution >= 0.6 is 15.6 Å². The molecule has 0 aromatic rings. The van der Waals surface area contributed by atoms with Crippen molar-refractivity contribution in [1.82, 2.24) is 0 Å². The number of hydrogen-bond acceptors (Lipinski definition) is 15. The minimum absolute atomic E-state index is 0.103. The Morgan fingerprint density at radius 2 is 0.488 bits per heavy atom. The van der Waals surface area contributed by atoms with E-state index in [1.165, 1.54) is 122 Å². The van der Waals surface area contributed by atoms with Crippen LogP contribution in [0, 0.1) is 23.7 Å². The van der Waals surface area contributed by atoms with Crippen LogP contribution in [0.25, 0.3) is 0 Å². The summed E-state index contributed by atoms with van der Waals surface area (Å²) in [7, 11) is -9.90. The molecule has 5 atom stereocenters. The number of carbonyl (C=O) groups excluding carboxylic acids is 4. The Kier molecular flexibility index (Phi) is 55.7. The van der Waals surface area contributed by atoms with Crippen molar-refractivity contribution in [2.75, 3.05) is 39.6 Å². The zero-order valence-corrected chi connectivity index (χ0v) is 57.7. The first-order valence-electron chi connectivity index (χ1n) is 34.7. The molecule has 86 heavy (non-hydrogen) atoms. The lowest BCUT2D eigenvalue weighted by molar-refractivity contribution is -0.161. The lowest BCUT2D eigenvalue weighted by Gasteiger charge is -2.21. The first kappa shape index (κ1) is 84.1. The topological polar surface area (TPSA) is 237 Å². The minimum atomic E-state index is -4.95. The van der Waals surface area contributed by atoms with E-state index in [0.29, 0.717) is 31.6 Å². The summed E-state index contributed by atoms with van der Waals surface area (Å²) in [6.07, 6.45) is 37.7. The molecule has 0 fully saturated rings. The molecule has 19 heteroatoms. The molecule has 0 spiro atoms. The molecule has 3 unspecified atom stereocenters. The Labute approximate surface area is 524 Å². The highest BCUT2D eigenvalue weighted by Crippen LogP contribution is 2.45. The highest BCUT2D eigenvalue weighted by molar-refractivity contribution is 7.47. The van der Waals surface area contributed by atoms with Gasteiger partial charge in [0.25, 0.3) is 0 Å². The number of rotatable bonds is 64. The van der Waals surface area contributed by atoms with E-state index in [-0.39, 0.29) is 25.7 Å². The van der Waals surface area contributed by atoms with Gasteiger partial charge in [0, 0.05) is 25.7 Å². The highest BCUT2D eigenvalue weighted by Gasteiger charge is 2.30. The van der Waals surface area contributed by atoms with Gasteiger partial charge in [0.1, 0.15) is 19.3 Å². The van der Waals surface area contributed by atoms with Gasteiger partial charge in [-0.25, -0.2) is 9.13 Å². The Morgan fingerprint density at radius 3 is 0.721 bits per heavy atom. The van der Waals surface area contributed by atoms with Crippen LogP contribution in [0.5, 0.6) is 0 Å².